The van der Waals surface area contributed by atoms with E-state index in [1.54, 1.807) is 14.2 Å². The van der Waals surface area contributed by atoms with Crippen LogP contribution in [0.2, 0.25) is 0 Å². The Hall–Kier alpha value is -0.830. The van der Waals surface area contributed by atoms with Gasteiger partial charge in [-0.3, -0.25) is 0 Å². The summed E-state index contributed by atoms with van der Waals surface area (Å²) in [4.78, 5) is 0. The van der Waals surface area contributed by atoms with Gasteiger partial charge in [-0.25, -0.2) is 0 Å². The highest BCUT2D eigenvalue weighted by atomic mass is 32.1. The molecule has 0 spiro atoms. The van der Waals surface area contributed by atoms with Crippen molar-refractivity contribution in [3.8, 4) is 11.5 Å². The van der Waals surface area contributed by atoms with Crippen molar-refractivity contribution >= 4 is 12.6 Å². The van der Waals surface area contributed by atoms with Gasteiger partial charge in [-0.15, -0.1) is 0 Å². The maximum Gasteiger partial charge on any atom is 0.126 e. The fraction of sp³-hybridized carbons (Fsp3) is 0.333. The molecule has 0 aliphatic heterocycles. The molecule has 1 rings (SSSR count). The second kappa shape index (κ2) is 4.26. The summed E-state index contributed by atoms with van der Waals surface area (Å²) < 4.78 is 10.2. The largest absolute Gasteiger partial charge is 0.497 e. The number of rotatable bonds is 3. The predicted molar refractivity (Wildman–Crippen MR) is 50.8 cm³/mol. The highest BCUT2D eigenvalue weighted by molar-refractivity contribution is 7.79. The van der Waals surface area contributed by atoms with E-state index in [2.05, 4.69) is 0 Å². The molecule has 3 heteroatoms. The summed E-state index contributed by atoms with van der Waals surface area (Å²) in [5, 5.41) is 0. The Morgan fingerprint density at radius 1 is 1.25 bits per heavy atom. The van der Waals surface area contributed by atoms with Crippen LogP contribution < -0.4 is 9.47 Å². The molecule has 0 aliphatic carbocycles. The van der Waals surface area contributed by atoms with Crippen LogP contribution in [0.5, 0.6) is 11.5 Å². The summed E-state index contributed by atoms with van der Waals surface area (Å²) in [5.41, 5.74) is 1.02. The molecule has 12 heavy (non-hydrogen) atoms. The second-order valence-electron chi connectivity index (χ2n) is 2.32. The van der Waals surface area contributed by atoms with E-state index in [1.165, 1.54) is 0 Å². The fourth-order valence-corrected chi connectivity index (χ4v) is 1.21. The van der Waals surface area contributed by atoms with Crippen molar-refractivity contribution in [2.45, 2.75) is 5.75 Å². The van der Waals surface area contributed by atoms with Gasteiger partial charge in [0.1, 0.15) is 11.5 Å². The minimum atomic E-state index is 0.563. The van der Waals surface area contributed by atoms with Crippen molar-refractivity contribution in [3.63, 3.8) is 0 Å². The average Bonchev–Trinajstić information content (AvgIpc) is 2.16. The molecule has 0 atom stereocenters. The van der Waals surface area contributed by atoms with Crippen molar-refractivity contribution in [2.75, 3.05) is 14.2 Å². The number of hydrogen-bond acceptors (Lipinski definition) is 2. The van der Waals surface area contributed by atoms with E-state index in [1.807, 2.05) is 18.2 Å². The van der Waals surface area contributed by atoms with Gasteiger partial charge in [0.2, 0.25) is 0 Å². The van der Waals surface area contributed by atoms with Crippen LogP contribution in [0.15, 0.2) is 18.2 Å². The van der Waals surface area contributed by atoms with Crippen LogP contribution in [0, 0.1) is 0 Å². The van der Waals surface area contributed by atoms with E-state index >= 15 is 0 Å². The number of benzene rings is 1. The first-order valence-corrected chi connectivity index (χ1v) is 4.18. The molecule has 0 aliphatic rings. The zero-order valence-electron chi connectivity index (χ0n) is 7.16. The molecule has 0 heterocycles. The average molecular weight is 183 g/mol. The quantitative estimate of drug-likeness (QED) is 0.716. The molecule has 65 valence electrons. The molecule has 0 N–H and O–H groups in total. The summed E-state index contributed by atoms with van der Waals surface area (Å²) in [6, 6.07) is 5.64. The highest BCUT2D eigenvalue weighted by Gasteiger charge is 2.02. The van der Waals surface area contributed by atoms with E-state index < -0.39 is 0 Å². The molecular formula is C9H11O2S. The van der Waals surface area contributed by atoms with Crippen LogP contribution in [0.25, 0.3) is 0 Å². The zero-order chi connectivity index (χ0) is 8.97. The first kappa shape index (κ1) is 9.26. The van der Waals surface area contributed by atoms with Gasteiger partial charge >= 0.3 is 0 Å². The van der Waals surface area contributed by atoms with Gasteiger partial charge in [0.05, 0.1) is 14.2 Å². The minimum absolute atomic E-state index is 0.563. The molecule has 0 saturated carbocycles. The summed E-state index contributed by atoms with van der Waals surface area (Å²) in [5.74, 6) is 2.15. The number of hydrogen-bond donors (Lipinski definition) is 0. The number of methoxy groups -OCH3 is 2. The van der Waals surface area contributed by atoms with Crippen LogP contribution in [0.3, 0.4) is 0 Å². The molecule has 0 aromatic heterocycles. The van der Waals surface area contributed by atoms with E-state index in [0.29, 0.717) is 5.75 Å². The zero-order valence-corrected chi connectivity index (χ0v) is 7.98. The Labute approximate surface area is 77.9 Å². The van der Waals surface area contributed by atoms with Crippen LogP contribution in [0.1, 0.15) is 5.56 Å². The van der Waals surface area contributed by atoms with Crippen LogP contribution in [0.4, 0.5) is 0 Å². The monoisotopic (exact) mass is 183 g/mol. The Morgan fingerprint density at radius 2 is 2.00 bits per heavy atom. The molecule has 1 aromatic rings. The Balaban J connectivity index is 3.02. The van der Waals surface area contributed by atoms with Crippen molar-refractivity contribution in [1.82, 2.24) is 0 Å². The van der Waals surface area contributed by atoms with Gasteiger partial charge in [-0.05, 0) is 6.07 Å². The summed E-state index contributed by atoms with van der Waals surface area (Å²) in [7, 11) is 3.26. The van der Waals surface area contributed by atoms with Crippen molar-refractivity contribution in [3.05, 3.63) is 23.8 Å². The maximum atomic E-state index is 5.13. The fourth-order valence-electron chi connectivity index (χ4n) is 0.971. The minimum Gasteiger partial charge on any atom is -0.497 e. The van der Waals surface area contributed by atoms with Gasteiger partial charge in [0, 0.05) is 17.4 Å². The highest BCUT2D eigenvalue weighted by Crippen LogP contribution is 2.25. The second-order valence-corrected chi connectivity index (χ2v) is 2.61. The lowest BCUT2D eigenvalue weighted by molar-refractivity contribution is 0.392. The Kier molecular flexibility index (Phi) is 3.29. The van der Waals surface area contributed by atoms with E-state index in [-0.39, 0.29) is 0 Å². The molecule has 2 nitrogen and oxygen atoms in total. The van der Waals surface area contributed by atoms with E-state index in [4.69, 9.17) is 22.1 Å². The lowest BCUT2D eigenvalue weighted by atomic mass is 10.2. The third kappa shape index (κ3) is 1.85. The summed E-state index contributed by atoms with van der Waals surface area (Å²) in [6.45, 7) is 0. The van der Waals surface area contributed by atoms with Gasteiger partial charge < -0.3 is 9.47 Å². The van der Waals surface area contributed by atoms with Crippen LogP contribution in [-0.4, -0.2) is 14.2 Å². The Morgan fingerprint density at radius 3 is 2.50 bits per heavy atom. The first-order chi connectivity index (χ1) is 5.81. The lowest BCUT2D eigenvalue weighted by Crippen LogP contribution is -1.91. The van der Waals surface area contributed by atoms with E-state index in [0.717, 1.165) is 17.1 Å². The molecule has 0 amide bonds. The molecule has 0 fully saturated rings. The number of ether oxygens (including phenoxy) is 2. The normalized spacial score (nSPS) is 9.58. The summed E-state index contributed by atoms with van der Waals surface area (Å²) in [6.07, 6.45) is 0. The van der Waals surface area contributed by atoms with Gasteiger partial charge in [0.25, 0.3) is 0 Å². The van der Waals surface area contributed by atoms with Gasteiger partial charge in [-0.2, -0.15) is 0 Å². The molecule has 1 aromatic carbocycles. The maximum absolute atomic E-state index is 5.13. The smallest absolute Gasteiger partial charge is 0.126 e. The van der Waals surface area contributed by atoms with Gasteiger partial charge in [-0.1, -0.05) is 18.7 Å². The predicted octanol–water partition coefficient (Wildman–Crippen LogP) is 2.40. The molecular weight excluding hydrogens is 172 g/mol. The third-order valence-electron chi connectivity index (χ3n) is 1.65. The van der Waals surface area contributed by atoms with Crippen molar-refractivity contribution in [2.24, 2.45) is 0 Å². The third-order valence-corrected chi connectivity index (χ3v) is 1.96. The van der Waals surface area contributed by atoms with E-state index in [9.17, 15) is 0 Å². The standard InChI is InChI=1S/C9H11O2S/c1-10-8-4-3-7(6-12)9(5-8)11-2/h3-5H,6H2,1-2H3. The lowest BCUT2D eigenvalue weighted by Gasteiger charge is -2.07. The topological polar surface area (TPSA) is 18.5 Å². The summed E-state index contributed by atoms with van der Waals surface area (Å²) >= 11 is 4.93. The van der Waals surface area contributed by atoms with Crippen molar-refractivity contribution in [1.29, 1.82) is 0 Å². The van der Waals surface area contributed by atoms with Crippen LogP contribution >= 0.6 is 12.6 Å². The molecule has 1 radical (unpaired) electrons. The molecule has 0 saturated heterocycles. The van der Waals surface area contributed by atoms with Crippen molar-refractivity contribution < 1.29 is 9.47 Å². The first-order valence-electron chi connectivity index (χ1n) is 3.61. The van der Waals surface area contributed by atoms with Gasteiger partial charge in [0.15, 0.2) is 0 Å². The molecule has 0 unspecified atom stereocenters. The SMILES string of the molecule is COc1ccc(C[S])c(OC)c1. The Bertz CT molecular complexity index is 261. The van der Waals surface area contributed by atoms with Crippen LogP contribution in [-0.2, 0) is 5.75 Å². The molecule has 0 bridgehead atoms.